The summed E-state index contributed by atoms with van der Waals surface area (Å²) < 4.78 is 11.5. The van der Waals surface area contributed by atoms with E-state index in [1.54, 1.807) is 12.1 Å². The third-order valence-corrected chi connectivity index (χ3v) is 8.39. The molecule has 0 spiro atoms. The predicted octanol–water partition coefficient (Wildman–Crippen LogP) is 7.33. The van der Waals surface area contributed by atoms with E-state index in [2.05, 4.69) is 17.4 Å². The van der Waals surface area contributed by atoms with Gasteiger partial charge in [0.1, 0.15) is 17.2 Å². The van der Waals surface area contributed by atoms with Crippen molar-refractivity contribution in [2.45, 2.75) is 48.8 Å². The summed E-state index contributed by atoms with van der Waals surface area (Å²) in [5.41, 5.74) is 2.39. The zero-order valence-electron chi connectivity index (χ0n) is 19.7. The molecule has 0 heterocycles. The Morgan fingerprint density at radius 3 is 2.11 bits per heavy atom. The van der Waals surface area contributed by atoms with Crippen molar-refractivity contribution in [3.05, 3.63) is 84.4 Å². The first-order valence-corrected chi connectivity index (χ1v) is 12.9. The Balaban J connectivity index is 1.03. The molecule has 0 aliphatic heterocycles. The van der Waals surface area contributed by atoms with Crippen molar-refractivity contribution in [1.29, 1.82) is 0 Å². The molecule has 1 amide bonds. The fraction of sp³-hybridized carbons (Fsp3) is 0.367. The van der Waals surface area contributed by atoms with Crippen LogP contribution in [0.25, 0.3) is 0 Å². The molecule has 35 heavy (non-hydrogen) atoms. The zero-order valence-corrected chi connectivity index (χ0v) is 20.5. The molecule has 3 aromatic carbocycles. The molecule has 180 valence electrons. The topological polar surface area (TPSA) is 47.6 Å². The first kappa shape index (κ1) is 22.5. The van der Waals surface area contributed by atoms with Gasteiger partial charge in [0.05, 0.1) is 0 Å². The SMILES string of the molecule is O=C(COc1ccc(Oc2ccccc2)cc1)Nc1ccc(C23CC4CC(CC(Cl)(C4)C2)C3)cc1. The maximum absolute atomic E-state index is 12.5. The van der Waals surface area contributed by atoms with Crippen molar-refractivity contribution in [2.24, 2.45) is 11.8 Å². The molecular formula is C30H30ClNO3. The lowest BCUT2D eigenvalue weighted by molar-refractivity contribution is -0.118. The average Bonchev–Trinajstić information content (AvgIpc) is 2.83. The minimum Gasteiger partial charge on any atom is -0.484 e. The molecule has 4 aliphatic carbocycles. The van der Waals surface area contributed by atoms with Crippen LogP contribution in [0.3, 0.4) is 0 Å². The lowest BCUT2D eigenvalue weighted by Crippen LogP contribution is -2.55. The molecule has 4 bridgehead atoms. The summed E-state index contributed by atoms with van der Waals surface area (Å²) in [6, 6.07) is 25.3. The van der Waals surface area contributed by atoms with Gasteiger partial charge in [-0.1, -0.05) is 30.3 Å². The summed E-state index contributed by atoms with van der Waals surface area (Å²) in [7, 11) is 0. The van der Waals surface area contributed by atoms with Crippen LogP contribution >= 0.6 is 11.6 Å². The fourth-order valence-corrected chi connectivity index (χ4v) is 7.66. The predicted molar refractivity (Wildman–Crippen MR) is 138 cm³/mol. The highest BCUT2D eigenvalue weighted by atomic mass is 35.5. The number of carbonyl (C=O) groups excluding carboxylic acids is 1. The van der Waals surface area contributed by atoms with Crippen LogP contribution in [0.1, 0.15) is 44.1 Å². The van der Waals surface area contributed by atoms with Crippen LogP contribution in [0, 0.1) is 11.8 Å². The maximum atomic E-state index is 12.5. The number of amides is 1. The van der Waals surface area contributed by atoms with Gasteiger partial charge < -0.3 is 14.8 Å². The second-order valence-corrected chi connectivity index (χ2v) is 11.5. The summed E-state index contributed by atoms with van der Waals surface area (Å²) in [4.78, 5) is 12.5. The van der Waals surface area contributed by atoms with Crippen molar-refractivity contribution in [1.82, 2.24) is 0 Å². The van der Waals surface area contributed by atoms with E-state index in [0.717, 1.165) is 29.7 Å². The molecular weight excluding hydrogens is 458 g/mol. The highest BCUT2D eigenvalue weighted by Crippen LogP contribution is 2.64. The van der Waals surface area contributed by atoms with E-state index < -0.39 is 0 Å². The molecule has 0 radical (unpaired) electrons. The first-order valence-electron chi connectivity index (χ1n) is 12.5. The van der Waals surface area contributed by atoms with Gasteiger partial charge in [-0.05, 0) is 110 Å². The van der Waals surface area contributed by atoms with Crippen molar-refractivity contribution >= 4 is 23.2 Å². The van der Waals surface area contributed by atoms with E-state index in [1.165, 1.54) is 37.7 Å². The number of anilines is 1. The minimum absolute atomic E-state index is 0.000182. The van der Waals surface area contributed by atoms with Gasteiger partial charge in [0, 0.05) is 10.6 Å². The van der Waals surface area contributed by atoms with Gasteiger partial charge in [-0.25, -0.2) is 0 Å². The van der Waals surface area contributed by atoms with E-state index in [9.17, 15) is 4.79 Å². The van der Waals surface area contributed by atoms with Crippen LogP contribution in [0.2, 0.25) is 0 Å². The number of rotatable bonds is 7. The molecule has 4 aliphatic rings. The number of halogens is 1. The Kier molecular flexibility index (Phi) is 5.72. The molecule has 4 nitrogen and oxygen atoms in total. The van der Waals surface area contributed by atoms with Crippen molar-refractivity contribution in [2.75, 3.05) is 11.9 Å². The Morgan fingerprint density at radius 1 is 0.829 bits per heavy atom. The molecule has 0 saturated heterocycles. The number of nitrogens with one attached hydrogen (secondary N) is 1. The van der Waals surface area contributed by atoms with Gasteiger partial charge in [0.2, 0.25) is 0 Å². The number of para-hydroxylation sites is 1. The smallest absolute Gasteiger partial charge is 0.262 e. The summed E-state index contributed by atoms with van der Waals surface area (Å²) in [6.45, 7) is -0.0529. The van der Waals surface area contributed by atoms with Crippen LogP contribution < -0.4 is 14.8 Å². The molecule has 1 N–H and O–H groups in total. The van der Waals surface area contributed by atoms with Crippen molar-refractivity contribution < 1.29 is 14.3 Å². The molecule has 4 saturated carbocycles. The van der Waals surface area contributed by atoms with Gasteiger partial charge in [-0.2, -0.15) is 0 Å². The van der Waals surface area contributed by atoms with Crippen LogP contribution in [0.15, 0.2) is 78.9 Å². The quantitative estimate of drug-likeness (QED) is 0.355. The van der Waals surface area contributed by atoms with Crippen LogP contribution in [-0.4, -0.2) is 17.4 Å². The molecule has 3 aromatic rings. The molecule has 7 rings (SSSR count). The average molecular weight is 488 g/mol. The van der Waals surface area contributed by atoms with Crippen molar-refractivity contribution in [3.63, 3.8) is 0 Å². The minimum atomic E-state index is -0.183. The third kappa shape index (κ3) is 4.77. The Hall–Kier alpha value is -2.98. The van der Waals surface area contributed by atoms with Gasteiger partial charge in [0.25, 0.3) is 5.91 Å². The highest BCUT2D eigenvalue weighted by Gasteiger charge is 2.57. The molecule has 0 aromatic heterocycles. The van der Waals surface area contributed by atoms with E-state index in [-0.39, 0.29) is 22.8 Å². The molecule has 4 fully saturated rings. The Labute approximate surface area is 211 Å². The maximum Gasteiger partial charge on any atom is 0.262 e. The molecule has 5 heteroatoms. The number of ether oxygens (including phenoxy) is 2. The lowest BCUT2D eigenvalue weighted by Gasteiger charge is -2.60. The van der Waals surface area contributed by atoms with Crippen LogP contribution in [-0.2, 0) is 10.2 Å². The standard InChI is InChI=1S/C30H30ClNO3/c31-30-17-21-14-22(18-30)16-29(15-21,20-30)23-6-8-24(9-7-23)32-28(33)19-34-25-10-12-27(13-11-25)35-26-4-2-1-3-5-26/h1-13,21-22H,14-20H2,(H,32,33). The number of benzene rings is 3. The summed E-state index contributed by atoms with van der Waals surface area (Å²) in [6.07, 6.45) is 7.32. The monoisotopic (exact) mass is 487 g/mol. The number of carbonyl (C=O) groups is 1. The van der Waals surface area contributed by atoms with E-state index >= 15 is 0 Å². The number of alkyl halides is 1. The van der Waals surface area contributed by atoms with Gasteiger partial charge in [-0.15, -0.1) is 11.6 Å². The van der Waals surface area contributed by atoms with Crippen molar-refractivity contribution in [3.8, 4) is 17.2 Å². The largest absolute Gasteiger partial charge is 0.484 e. The molecule has 2 atom stereocenters. The van der Waals surface area contributed by atoms with E-state index in [1.807, 2.05) is 54.6 Å². The summed E-state index contributed by atoms with van der Waals surface area (Å²) in [5.74, 6) is 3.46. The second-order valence-electron chi connectivity index (χ2n) is 10.7. The number of hydrogen-bond donors (Lipinski definition) is 1. The molecule has 2 unspecified atom stereocenters. The van der Waals surface area contributed by atoms with Gasteiger partial charge >= 0.3 is 0 Å². The van der Waals surface area contributed by atoms with Crippen LogP contribution in [0.4, 0.5) is 5.69 Å². The zero-order chi connectivity index (χ0) is 23.9. The van der Waals surface area contributed by atoms with Crippen LogP contribution in [0.5, 0.6) is 17.2 Å². The highest BCUT2D eigenvalue weighted by molar-refractivity contribution is 6.24. The summed E-state index contributed by atoms with van der Waals surface area (Å²) in [5, 5.41) is 2.95. The van der Waals surface area contributed by atoms with Gasteiger partial charge in [-0.3, -0.25) is 4.79 Å². The van der Waals surface area contributed by atoms with E-state index in [0.29, 0.717) is 11.5 Å². The number of hydrogen-bond acceptors (Lipinski definition) is 3. The first-order chi connectivity index (χ1) is 17.0. The Morgan fingerprint density at radius 2 is 1.46 bits per heavy atom. The second kappa shape index (κ2) is 8.91. The Bertz CT molecular complexity index is 1180. The van der Waals surface area contributed by atoms with E-state index in [4.69, 9.17) is 21.1 Å². The fourth-order valence-electron chi connectivity index (χ4n) is 6.97. The third-order valence-electron chi connectivity index (χ3n) is 7.94. The van der Waals surface area contributed by atoms with Gasteiger partial charge in [0.15, 0.2) is 6.61 Å². The lowest BCUT2D eigenvalue weighted by atomic mass is 9.47. The summed E-state index contributed by atoms with van der Waals surface area (Å²) >= 11 is 7.02. The normalized spacial score (nSPS) is 28.5.